The maximum Gasteiger partial charge on any atom is 0.0365 e. The van der Waals surface area contributed by atoms with Crippen molar-refractivity contribution in [2.24, 2.45) is 0 Å². The molecule has 0 saturated carbocycles. The molecule has 1 saturated heterocycles. The molecule has 2 unspecified atom stereocenters. The lowest BCUT2D eigenvalue weighted by atomic mass is 9.91. The molecular formula is C10H12N2. The number of nitrogens with one attached hydrogen (secondary N) is 1. The van der Waals surface area contributed by atoms with Gasteiger partial charge in [-0.2, -0.15) is 0 Å². The number of hydrogen-bond acceptors (Lipinski definition) is 2. The number of nitrogens with two attached hydrogens (primary N) is 1. The van der Waals surface area contributed by atoms with E-state index in [1.165, 1.54) is 24.0 Å². The molecule has 2 bridgehead atoms. The first-order valence-corrected chi connectivity index (χ1v) is 4.50. The SMILES string of the molecule is Nc1cccc2c1C1CCC2N1. The van der Waals surface area contributed by atoms with E-state index in [4.69, 9.17) is 5.73 Å². The van der Waals surface area contributed by atoms with Gasteiger partial charge in [0, 0.05) is 17.8 Å². The van der Waals surface area contributed by atoms with Crippen LogP contribution in [0.1, 0.15) is 36.1 Å². The fraction of sp³-hybridized carbons (Fsp3) is 0.400. The second-order valence-corrected chi connectivity index (χ2v) is 3.70. The maximum absolute atomic E-state index is 5.92. The van der Waals surface area contributed by atoms with Gasteiger partial charge in [0.2, 0.25) is 0 Å². The van der Waals surface area contributed by atoms with E-state index in [0.29, 0.717) is 12.1 Å². The van der Waals surface area contributed by atoms with Crippen LogP contribution in [-0.2, 0) is 0 Å². The van der Waals surface area contributed by atoms with Gasteiger partial charge in [0.15, 0.2) is 0 Å². The Kier molecular flexibility index (Phi) is 1.09. The molecule has 3 rings (SSSR count). The van der Waals surface area contributed by atoms with Gasteiger partial charge in [0.1, 0.15) is 0 Å². The zero-order valence-corrected chi connectivity index (χ0v) is 6.88. The van der Waals surface area contributed by atoms with Gasteiger partial charge in [-0.05, 0) is 30.0 Å². The summed E-state index contributed by atoms with van der Waals surface area (Å²) in [4.78, 5) is 0. The second-order valence-electron chi connectivity index (χ2n) is 3.70. The average Bonchev–Trinajstić information content (AvgIpc) is 2.64. The monoisotopic (exact) mass is 160 g/mol. The van der Waals surface area contributed by atoms with E-state index >= 15 is 0 Å². The number of anilines is 1. The Balaban J connectivity index is 2.26. The molecule has 2 atom stereocenters. The summed E-state index contributed by atoms with van der Waals surface area (Å²) >= 11 is 0. The molecule has 2 heteroatoms. The number of fused-ring (bicyclic) bond motifs is 5. The number of rotatable bonds is 0. The van der Waals surface area contributed by atoms with Gasteiger partial charge in [-0.1, -0.05) is 12.1 Å². The van der Waals surface area contributed by atoms with Crippen LogP contribution >= 0.6 is 0 Å². The minimum atomic E-state index is 0.547. The maximum atomic E-state index is 5.92. The molecule has 2 aliphatic rings. The van der Waals surface area contributed by atoms with Crippen LogP contribution in [0.2, 0.25) is 0 Å². The Morgan fingerprint density at radius 1 is 1.25 bits per heavy atom. The Labute approximate surface area is 71.8 Å². The molecule has 1 aromatic rings. The van der Waals surface area contributed by atoms with Crippen LogP contribution in [0.5, 0.6) is 0 Å². The molecule has 62 valence electrons. The van der Waals surface area contributed by atoms with Crippen molar-refractivity contribution in [3.05, 3.63) is 29.3 Å². The van der Waals surface area contributed by atoms with E-state index in [1.807, 2.05) is 6.07 Å². The van der Waals surface area contributed by atoms with Crippen LogP contribution in [0.3, 0.4) is 0 Å². The van der Waals surface area contributed by atoms with Crippen molar-refractivity contribution in [2.45, 2.75) is 24.9 Å². The minimum absolute atomic E-state index is 0.547. The van der Waals surface area contributed by atoms with Crippen molar-refractivity contribution >= 4 is 5.69 Å². The average molecular weight is 160 g/mol. The van der Waals surface area contributed by atoms with Gasteiger partial charge < -0.3 is 11.1 Å². The summed E-state index contributed by atoms with van der Waals surface area (Å²) < 4.78 is 0. The van der Waals surface area contributed by atoms with E-state index in [9.17, 15) is 0 Å². The number of nitrogen functional groups attached to an aromatic ring is 1. The van der Waals surface area contributed by atoms with Crippen LogP contribution in [-0.4, -0.2) is 0 Å². The zero-order chi connectivity index (χ0) is 8.13. The van der Waals surface area contributed by atoms with Crippen molar-refractivity contribution in [3.8, 4) is 0 Å². The topological polar surface area (TPSA) is 38.0 Å². The van der Waals surface area contributed by atoms with E-state index in [-0.39, 0.29) is 0 Å². The quantitative estimate of drug-likeness (QED) is 0.567. The van der Waals surface area contributed by atoms with Crippen LogP contribution in [0.4, 0.5) is 5.69 Å². The second kappa shape index (κ2) is 2.02. The predicted octanol–water partition coefficient (Wildman–Crippen LogP) is 1.75. The smallest absolute Gasteiger partial charge is 0.0365 e. The Morgan fingerprint density at radius 2 is 2.08 bits per heavy atom. The minimum Gasteiger partial charge on any atom is -0.398 e. The summed E-state index contributed by atoms with van der Waals surface area (Å²) in [6, 6.07) is 7.39. The first-order chi connectivity index (χ1) is 5.86. The standard InChI is InChI=1S/C10H12N2/c11-7-3-1-2-6-8-4-5-9(12-8)10(6)7/h1-3,8-9,12H,4-5,11H2. The van der Waals surface area contributed by atoms with Gasteiger partial charge in [-0.25, -0.2) is 0 Å². The molecule has 12 heavy (non-hydrogen) atoms. The van der Waals surface area contributed by atoms with Gasteiger partial charge >= 0.3 is 0 Å². The molecule has 0 aliphatic carbocycles. The van der Waals surface area contributed by atoms with Crippen molar-refractivity contribution in [2.75, 3.05) is 5.73 Å². The molecule has 2 nitrogen and oxygen atoms in total. The highest BCUT2D eigenvalue weighted by atomic mass is 15.0. The summed E-state index contributed by atoms with van der Waals surface area (Å²) in [5.41, 5.74) is 9.69. The van der Waals surface area contributed by atoms with Gasteiger partial charge in [-0.15, -0.1) is 0 Å². The molecule has 1 fully saturated rings. The van der Waals surface area contributed by atoms with Crippen molar-refractivity contribution in [1.82, 2.24) is 5.32 Å². The summed E-state index contributed by atoms with van der Waals surface area (Å²) in [6.45, 7) is 0. The molecule has 0 radical (unpaired) electrons. The third kappa shape index (κ3) is 0.636. The third-order valence-corrected chi connectivity index (χ3v) is 3.04. The first-order valence-electron chi connectivity index (χ1n) is 4.50. The lowest BCUT2D eigenvalue weighted by Crippen LogP contribution is -2.06. The highest BCUT2D eigenvalue weighted by Gasteiger charge is 2.36. The molecule has 3 N–H and O–H groups in total. The molecule has 0 amide bonds. The van der Waals surface area contributed by atoms with Crippen LogP contribution in [0.15, 0.2) is 18.2 Å². The highest BCUT2D eigenvalue weighted by Crippen LogP contribution is 2.46. The van der Waals surface area contributed by atoms with Crippen LogP contribution < -0.4 is 11.1 Å². The van der Waals surface area contributed by atoms with E-state index in [1.54, 1.807) is 0 Å². The largest absolute Gasteiger partial charge is 0.398 e. The normalized spacial score (nSPS) is 30.7. The Bertz CT molecular complexity index is 333. The lowest BCUT2D eigenvalue weighted by molar-refractivity contribution is 0.639. The van der Waals surface area contributed by atoms with Crippen LogP contribution in [0, 0.1) is 0 Å². The molecule has 2 heterocycles. The van der Waals surface area contributed by atoms with E-state index in [0.717, 1.165) is 5.69 Å². The molecule has 2 aliphatic heterocycles. The van der Waals surface area contributed by atoms with E-state index in [2.05, 4.69) is 17.4 Å². The van der Waals surface area contributed by atoms with E-state index < -0.39 is 0 Å². The van der Waals surface area contributed by atoms with Crippen molar-refractivity contribution < 1.29 is 0 Å². The van der Waals surface area contributed by atoms with Crippen LogP contribution in [0.25, 0.3) is 0 Å². The molecule has 1 aromatic carbocycles. The summed E-state index contributed by atoms with van der Waals surface area (Å²) in [7, 11) is 0. The molecular weight excluding hydrogens is 148 g/mol. The van der Waals surface area contributed by atoms with Gasteiger partial charge in [-0.3, -0.25) is 0 Å². The van der Waals surface area contributed by atoms with Gasteiger partial charge in [0.05, 0.1) is 0 Å². The fourth-order valence-electron chi connectivity index (χ4n) is 2.52. The summed E-state index contributed by atoms with van der Waals surface area (Å²) in [5, 5.41) is 3.55. The summed E-state index contributed by atoms with van der Waals surface area (Å²) in [6.07, 6.45) is 2.53. The first kappa shape index (κ1) is 6.49. The zero-order valence-electron chi connectivity index (χ0n) is 6.88. The number of hydrogen-bond donors (Lipinski definition) is 2. The number of benzene rings is 1. The highest BCUT2D eigenvalue weighted by molar-refractivity contribution is 5.57. The Morgan fingerprint density at radius 3 is 2.92 bits per heavy atom. The molecule has 0 aromatic heterocycles. The fourth-order valence-corrected chi connectivity index (χ4v) is 2.52. The van der Waals surface area contributed by atoms with Gasteiger partial charge in [0.25, 0.3) is 0 Å². The third-order valence-electron chi connectivity index (χ3n) is 3.04. The Hall–Kier alpha value is -1.02. The predicted molar refractivity (Wildman–Crippen MR) is 48.7 cm³/mol. The lowest BCUT2D eigenvalue weighted by Gasteiger charge is -2.14. The van der Waals surface area contributed by atoms with Crippen molar-refractivity contribution in [3.63, 3.8) is 0 Å². The molecule has 0 spiro atoms. The summed E-state index contributed by atoms with van der Waals surface area (Å²) in [5.74, 6) is 0. The van der Waals surface area contributed by atoms with Crippen molar-refractivity contribution in [1.29, 1.82) is 0 Å².